The summed E-state index contributed by atoms with van der Waals surface area (Å²) in [6.07, 6.45) is -2.76. The Balaban J connectivity index is 1.90. The number of aryl methyl sites for hydroxylation is 1. The lowest BCUT2D eigenvalue weighted by Crippen LogP contribution is -2.18. The topological polar surface area (TPSA) is 88.9 Å². The fourth-order valence-electron chi connectivity index (χ4n) is 2.65. The molecule has 0 spiro atoms. The second-order valence-corrected chi connectivity index (χ2v) is 8.13. The van der Waals surface area contributed by atoms with E-state index in [1.54, 1.807) is 19.3 Å². The predicted molar refractivity (Wildman–Crippen MR) is 101 cm³/mol. The van der Waals surface area contributed by atoms with Gasteiger partial charge in [-0.05, 0) is 42.9 Å². The zero-order valence-electron chi connectivity index (χ0n) is 15.5. The summed E-state index contributed by atoms with van der Waals surface area (Å²) in [5.74, 6) is 0. The number of hydrogen-bond donors (Lipinski definition) is 2. The van der Waals surface area contributed by atoms with Gasteiger partial charge in [-0.3, -0.25) is 4.68 Å². The van der Waals surface area contributed by atoms with Crippen LogP contribution in [0.4, 0.5) is 18.9 Å². The highest BCUT2D eigenvalue weighted by atomic mass is 32.2. The molecule has 3 rings (SSSR count). The van der Waals surface area contributed by atoms with Gasteiger partial charge < -0.3 is 5.32 Å². The third-order valence-electron chi connectivity index (χ3n) is 4.21. The highest BCUT2D eigenvalue weighted by Gasteiger charge is 2.29. The van der Waals surface area contributed by atoms with E-state index >= 15 is 0 Å². The van der Waals surface area contributed by atoms with Crippen molar-refractivity contribution in [3.63, 3.8) is 0 Å². The normalized spacial score (nSPS) is 12.2. The van der Waals surface area contributed by atoms with Crippen LogP contribution in [0.2, 0.25) is 0 Å². The standard InChI is InChI=1S/C18H18F3N5O2S/c1-22-29(27,28)14-7-8-16(15(9-14)17-11-26(2)25-24-17)23-10-12-3-5-13(6-4-12)18(19,20)21/h3-9,11,22-23H,10H2,1-2H3. The number of benzene rings is 2. The molecule has 29 heavy (non-hydrogen) atoms. The van der Waals surface area contributed by atoms with Gasteiger partial charge in [0.15, 0.2) is 0 Å². The van der Waals surface area contributed by atoms with Crippen molar-refractivity contribution >= 4 is 15.7 Å². The van der Waals surface area contributed by atoms with Gasteiger partial charge in [-0.2, -0.15) is 13.2 Å². The third kappa shape index (κ3) is 4.74. The van der Waals surface area contributed by atoms with E-state index in [0.29, 0.717) is 22.5 Å². The maximum absolute atomic E-state index is 12.7. The molecule has 0 saturated heterocycles. The second-order valence-electron chi connectivity index (χ2n) is 6.24. The van der Waals surface area contributed by atoms with Crippen LogP contribution in [0.25, 0.3) is 11.3 Å². The van der Waals surface area contributed by atoms with Crippen molar-refractivity contribution in [3.8, 4) is 11.3 Å². The number of rotatable bonds is 6. The average Bonchev–Trinajstić information content (AvgIpc) is 3.12. The lowest BCUT2D eigenvalue weighted by atomic mass is 10.1. The molecule has 0 aliphatic carbocycles. The van der Waals surface area contributed by atoms with Crippen molar-refractivity contribution in [2.45, 2.75) is 17.6 Å². The lowest BCUT2D eigenvalue weighted by molar-refractivity contribution is -0.137. The van der Waals surface area contributed by atoms with E-state index in [4.69, 9.17) is 0 Å². The first-order valence-corrected chi connectivity index (χ1v) is 9.93. The van der Waals surface area contributed by atoms with E-state index in [9.17, 15) is 21.6 Å². The fraction of sp³-hybridized carbons (Fsp3) is 0.222. The highest BCUT2D eigenvalue weighted by molar-refractivity contribution is 7.89. The molecule has 0 bridgehead atoms. The summed E-state index contributed by atoms with van der Waals surface area (Å²) in [4.78, 5) is 0.0562. The van der Waals surface area contributed by atoms with Crippen LogP contribution in [-0.2, 0) is 29.8 Å². The number of anilines is 1. The number of alkyl halides is 3. The molecule has 3 aromatic rings. The van der Waals surface area contributed by atoms with Crippen LogP contribution in [0, 0.1) is 0 Å². The van der Waals surface area contributed by atoms with E-state index in [0.717, 1.165) is 12.1 Å². The molecule has 7 nitrogen and oxygen atoms in total. The quantitative estimate of drug-likeness (QED) is 0.634. The smallest absolute Gasteiger partial charge is 0.380 e. The van der Waals surface area contributed by atoms with E-state index in [2.05, 4.69) is 20.4 Å². The van der Waals surface area contributed by atoms with Crippen molar-refractivity contribution in [1.29, 1.82) is 0 Å². The van der Waals surface area contributed by atoms with Crippen LogP contribution in [0.15, 0.2) is 53.6 Å². The van der Waals surface area contributed by atoms with Crippen molar-refractivity contribution in [2.75, 3.05) is 12.4 Å². The number of nitrogens with zero attached hydrogens (tertiary/aromatic N) is 3. The summed E-state index contributed by atoms with van der Waals surface area (Å²) >= 11 is 0. The van der Waals surface area contributed by atoms with Gasteiger partial charge in [0.05, 0.1) is 16.7 Å². The van der Waals surface area contributed by atoms with Crippen molar-refractivity contribution < 1.29 is 21.6 Å². The first-order valence-electron chi connectivity index (χ1n) is 8.44. The largest absolute Gasteiger partial charge is 0.416 e. The minimum absolute atomic E-state index is 0.0562. The van der Waals surface area contributed by atoms with E-state index < -0.39 is 21.8 Å². The maximum atomic E-state index is 12.7. The summed E-state index contributed by atoms with van der Waals surface area (Å²) in [5, 5.41) is 11.0. The van der Waals surface area contributed by atoms with Crippen molar-refractivity contribution in [2.24, 2.45) is 7.05 Å². The Morgan fingerprint density at radius 3 is 2.34 bits per heavy atom. The van der Waals surface area contributed by atoms with Gasteiger partial charge in [-0.25, -0.2) is 13.1 Å². The fourth-order valence-corrected chi connectivity index (χ4v) is 3.41. The van der Waals surface area contributed by atoms with Crippen LogP contribution in [0.1, 0.15) is 11.1 Å². The molecule has 0 saturated carbocycles. The number of hydrogen-bond acceptors (Lipinski definition) is 5. The van der Waals surface area contributed by atoms with Crippen molar-refractivity contribution in [1.82, 2.24) is 19.7 Å². The monoisotopic (exact) mass is 425 g/mol. The van der Waals surface area contributed by atoms with Gasteiger partial charge in [0.25, 0.3) is 0 Å². The van der Waals surface area contributed by atoms with Gasteiger partial charge >= 0.3 is 6.18 Å². The Kier molecular flexibility index (Phi) is 5.62. The van der Waals surface area contributed by atoms with Gasteiger partial charge in [0.1, 0.15) is 5.69 Å². The molecule has 154 valence electrons. The Bertz CT molecular complexity index is 1110. The number of sulfonamides is 1. The van der Waals surface area contributed by atoms with Gasteiger partial charge in [-0.15, -0.1) is 5.10 Å². The van der Waals surface area contributed by atoms with Crippen LogP contribution >= 0.6 is 0 Å². The first kappa shape index (κ1) is 20.8. The maximum Gasteiger partial charge on any atom is 0.416 e. The minimum Gasteiger partial charge on any atom is -0.380 e. The molecule has 0 amide bonds. The summed E-state index contributed by atoms with van der Waals surface area (Å²) in [7, 11) is -0.670. The molecule has 0 unspecified atom stereocenters. The lowest BCUT2D eigenvalue weighted by Gasteiger charge is -2.13. The zero-order chi connectivity index (χ0) is 21.2. The summed E-state index contributed by atoms with van der Waals surface area (Å²) in [6, 6.07) is 9.28. The Labute approximate surface area is 165 Å². The molecule has 0 radical (unpaired) electrons. The number of aromatic nitrogens is 3. The Hall–Kier alpha value is -2.92. The molecule has 0 atom stereocenters. The summed E-state index contributed by atoms with van der Waals surface area (Å²) in [6.45, 7) is 0.240. The molecule has 1 heterocycles. The van der Waals surface area contributed by atoms with E-state index in [1.165, 1.54) is 36.0 Å². The summed E-state index contributed by atoms with van der Waals surface area (Å²) in [5.41, 5.74) is 1.44. The Morgan fingerprint density at radius 1 is 1.10 bits per heavy atom. The number of nitrogens with one attached hydrogen (secondary N) is 2. The molecule has 0 aliphatic heterocycles. The third-order valence-corrected chi connectivity index (χ3v) is 5.62. The summed E-state index contributed by atoms with van der Waals surface area (Å²) < 4.78 is 66.1. The zero-order valence-corrected chi connectivity index (χ0v) is 16.3. The van der Waals surface area contributed by atoms with Crippen LogP contribution in [-0.4, -0.2) is 30.5 Å². The van der Waals surface area contributed by atoms with Gasteiger partial charge in [0, 0.05) is 24.8 Å². The van der Waals surface area contributed by atoms with Crippen LogP contribution in [0.5, 0.6) is 0 Å². The van der Waals surface area contributed by atoms with Gasteiger partial charge in [-0.1, -0.05) is 17.3 Å². The molecule has 0 aliphatic rings. The second kappa shape index (κ2) is 7.84. The molecular weight excluding hydrogens is 407 g/mol. The molecule has 0 fully saturated rings. The SMILES string of the molecule is CNS(=O)(=O)c1ccc(NCc2ccc(C(F)(F)F)cc2)c(-c2cn(C)nn2)c1. The Morgan fingerprint density at radius 2 is 1.79 bits per heavy atom. The van der Waals surface area contributed by atoms with Crippen LogP contribution in [0.3, 0.4) is 0 Å². The van der Waals surface area contributed by atoms with Crippen molar-refractivity contribution in [3.05, 3.63) is 59.8 Å². The predicted octanol–water partition coefficient (Wildman–Crippen LogP) is 3.02. The molecular formula is C18H18F3N5O2S. The molecule has 11 heteroatoms. The molecule has 2 aromatic carbocycles. The van der Waals surface area contributed by atoms with E-state index in [-0.39, 0.29) is 11.4 Å². The van der Waals surface area contributed by atoms with Gasteiger partial charge in [0.2, 0.25) is 10.0 Å². The first-order chi connectivity index (χ1) is 13.6. The molecule has 2 N–H and O–H groups in total. The number of halogens is 3. The minimum atomic E-state index is -4.39. The highest BCUT2D eigenvalue weighted by Crippen LogP contribution is 2.31. The van der Waals surface area contributed by atoms with E-state index in [1.807, 2.05) is 0 Å². The molecule has 1 aromatic heterocycles. The average molecular weight is 425 g/mol. The van der Waals surface area contributed by atoms with Crippen LogP contribution < -0.4 is 10.0 Å².